The molecular weight excluding hydrogens is 208 g/mol. The van der Waals surface area contributed by atoms with Crippen LogP contribution < -0.4 is 10.5 Å². The smallest absolute Gasteiger partial charge is 0.343 e. The third kappa shape index (κ3) is 2.62. The number of aryl methyl sites for hydroxylation is 1. The maximum Gasteiger partial charge on any atom is 0.343 e. The second-order valence-electron chi connectivity index (χ2n) is 3.20. The van der Waals surface area contributed by atoms with E-state index in [0.29, 0.717) is 24.6 Å². The monoisotopic (exact) mass is 224 g/mol. The second-order valence-corrected chi connectivity index (χ2v) is 3.20. The zero-order valence-corrected chi connectivity index (χ0v) is 9.74. The summed E-state index contributed by atoms with van der Waals surface area (Å²) in [6, 6.07) is 1.63. The lowest BCUT2D eigenvalue weighted by Crippen LogP contribution is -2.11. The minimum absolute atomic E-state index is 0.226. The topological polar surface area (TPSA) is 74.4 Å². The summed E-state index contributed by atoms with van der Waals surface area (Å²) in [6.45, 7) is 6.07. The van der Waals surface area contributed by atoms with Crippen molar-refractivity contribution in [1.82, 2.24) is 4.98 Å². The molecule has 0 aliphatic carbocycles. The Morgan fingerprint density at radius 1 is 1.44 bits per heavy atom. The average Bonchev–Trinajstić information content (AvgIpc) is 2.23. The number of hydrogen-bond acceptors (Lipinski definition) is 5. The number of esters is 1. The van der Waals surface area contributed by atoms with Gasteiger partial charge in [-0.25, -0.2) is 4.79 Å². The molecule has 5 heteroatoms. The Kier molecular flexibility index (Phi) is 4.10. The molecule has 0 saturated carbocycles. The largest absolute Gasteiger partial charge is 0.477 e. The van der Waals surface area contributed by atoms with Crippen LogP contribution in [0.3, 0.4) is 0 Å². The molecule has 0 bridgehead atoms. The number of aromatic nitrogens is 1. The van der Waals surface area contributed by atoms with Crippen molar-refractivity contribution in [2.45, 2.75) is 20.8 Å². The maximum absolute atomic E-state index is 11.6. The molecule has 1 heterocycles. The van der Waals surface area contributed by atoms with Gasteiger partial charge in [0.05, 0.1) is 13.2 Å². The van der Waals surface area contributed by atoms with E-state index in [9.17, 15) is 4.79 Å². The quantitative estimate of drug-likeness (QED) is 0.785. The highest BCUT2D eigenvalue weighted by Crippen LogP contribution is 2.21. The highest BCUT2D eigenvalue weighted by atomic mass is 16.5. The lowest BCUT2D eigenvalue weighted by molar-refractivity contribution is 0.0521. The molecule has 1 aromatic rings. The van der Waals surface area contributed by atoms with Crippen molar-refractivity contribution >= 4 is 11.8 Å². The lowest BCUT2D eigenvalue weighted by atomic mass is 10.2. The first-order chi connectivity index (χ1) is 7.60. The number of carbonyl (C=O) groups excluding carboxylic acids is 1. The minimum Gasteiger partial charge on any atom is -0.477 e. The van der Waals surface area contributed by atoms with Crippen LogP contribution in [0.4, 0.5) is 5.82 Å². The summed E-state index contributed by atoms with van der Waals surface area (Å²) in [6.07, 6.45) is 0. The van der Waals surface area contributed by atoms with Crippen LogP contribution in [0.5, 0.6) is 5.88 Å². The van der Waals surface area contributed by atoms with Gasteiger partial charge in [0.15, 0.2) is 0 Å². The van der Waals surface area contributed by atoms with Crippen molar-refractivity contribution in [3.63, 3.8) is 0 Å². The number of rotatable bonds is 4. The van der Waals surface area contributed by atoms with Gasteiger partial charge in [0, 0.05) is 0 Å². The molecule has 0 amide bonds. The van der Waals surface area contributed by atoms with Gasteiger partial charge in [0.1, 0.15) is 11.4 Å². The highest BCUT2D eigenvalue weighted by molar-refractivity contribution is 5.92. The van der Waals surface area contributed by atoms with Crippen molar-refractivity contribution in [2.24, 2.45) is 0 Å². The molecule has 2 N–H and O–H groups in total. The van der Waals surface area contributed by atoms with Gasteiger partial charge in [-0.2, -0.15) is 4.98 Å². The zero-order chi connectivity index (χ0) is 12.1. The number of ether oxygens (including phenoxy) is 2. The first-order valence-corrected chi connectivity index (χ1v) is 5.17. The summed E-state index contributed by atoms with van der Waals surface area (Å²) >= 11 is 0. The lowest BCUT2D eigenvalue weighted by Gasteiger charge is -2.10. The van der Waals surface area contributed by atoms with E-state index in [1.165, 1.54) is 0 Å². The van der Waals surface area contributed by atoms with Gasteiger partial charge in [-0.05, 0) is 32.4 Å². The molecule has 0 aliphatic heterocycles. The summed E-state index contributed by atoms with van der Waals surface area (Å²) in [5, 5.41) is 0. The van der Waals surface area contributed by atoms with Crippen molar-refractivity contribution in [1.29, 1.82) is 0 Å². The van der Waals surface area contributed by atoms with Crippen LogP contribution in [-0.4, -0.2) is 24.2 Å². The van der Waals surface area contributed by atoms with Crippen molar-refractivity contribution < 1.29 is 14.3 Å². The van der Waals surface area contributed by atoms with Crippen LogP contribution in [0.2, 0.25) is 0 Å². The summed E-state index contributed by atoms with van der Waals surface area (Å²) in [7, 11) is 0. The molecule has 0 atom stereocenters. The van der Waals surface area contributed by atoms with Gasteiger partial charge >= 0.3 is 5.97 Å². The molecule has 0 aliphatic rings. The zero-order valence-electron chi connectivity index (χ0n) is 9.74. The fourth-order valence-electron chi connectivity index (χ4n) is 1.21. The van der Waals surface area contributed by atoms with Gasteiger partial charge in [-0.3, -0.25) is 0 Å². The number of pyridine rings is 1. The van der Waals surface area contributed by atoms with Gasteiger partial charge in [-0.1, -0.05) is 0 Å². The summed E-state index contributed by atoms with van der Waals surface area (Å²) in [5.74, 6) is 0.141. The molecule has 0 spiro atoms. The van der Waals surface area contributed by atoms with Crippen molar-refractivity contribution in [3.8, 4) is 5.88 Å². The number of nitrogens with two attached hydrogens (primary N) is 1. The molecule has 5 nitrogen and oxygen atoms in total. The van der Waals surface area contributed by atoms with Crippen LogP contribution in [0.15, 0.2) is 6.07 Å². The molecule has 0 unspecified atom stereocenters. The molecule has 0 fully saturated rings. The molecule has 0 radical (unpaired) electrons. The Hall–Kier alpha value is -1.78. The van der Waals surface area contributed by atoms with E-state index in [-0.39, 0.29) is 5.88 Å². The van der Waals surface area contributed by atoms with Crippen LogP contribution in [0.1, 0.15) is 29.8 Å². The number of anilines is 1. The van der Waals surface area contributed by atoms with E-state index in [0.717, 1.165) is 5.56 Å². The Morgan fingerprint density at radius 2 is 2.12 bits per heavy atom. The summed E-state index contributed by atoms with van der Waals surface area (Å²) < 4.78 is 10.2. The SMILES string of the molecule is CCOC(=O)c1cc(C)c(N)nc1OCC. The van der Waals surface area contributed by atoms with E-state index >= 15 is 0 Å². The standard InChI is InChI=1S/C11H16N2O3/c1-4-15-10-8(11(14)16-5-2)6-7(3)9(12)13-10/h6H,4-5H2,1-3H3,(H2,12,13). The Bertz CT molecular complexity index is 391. The van der Waals surface area contributed by atoms with Gasteiger partial charge < -0.3 is 15.2 Å². The van der Waals surface area contributed by atoms with E-state index in [1.54, 1.807) is 19.9 Å². The Balaban J connectivity index is 3.13. The number of nitrogen functional groups attached to an aromatic ring is 1. The normalized spacial score (nSPS) is 9.94. The number of nitrogens with zero attached hydrogens (tertiary/aromatic N) is 1. The molecule has 88 valence electrons. The molecule has 1 rings (SSSR count). The summed E-state index contributed by atoms with van der Waals surface area (Å²) in [5.41, 5.74) is 6.69. The highest BCUT2D eigenvalue weighted by Gasteiger charge is 2.17. The van der Waals surface area contributed by atoms with Gasteiger partial charge in [0.2, 0.25) is 5.88 Å². The fraction of sp³-hybridized carbons (Fsp3) is 0.455. The third-order valence-corrected chi connectivity index (χ3v) is 1.99. The van der Waals surface area contributed by atoms with Gasteiger partial charge in [-0.15, -0.1) is 0 Å². The number of carbonyl (C=O) groups is 1. The average molecular weight is 224 g/mol. The van der Waals surface area contributed by atoms with E-state index in [1.807, 2.05) is 6.92 Å². The fourth-order valence-corrected chi connectivity index (χ4v) is 1.21. The van der Waals surface area contributed by atoms with Crippen molar-refractivity contribution in [3.05, 3.63) is 17.2 Å². The third-order valence-electron chi connectivity index (χ3n) is 1.99. The van der Waals surface area contributed by atoms with Crippen LogP contribution >= 0.6 is 0 Å². The first kappa shape index (κ1) is 12.3. The number of hydrogen-bond donors (Lipinski definition) is 1. The van der Waals surface area contributed by atoms with Crippen LogP contribution in [0, 0.1) is 6.92 Å². The second kappa shape index (κ2) is 5.34. The molecule has 0 aromatic carbocycles. The maximum atomic E-state index is 11.6. The van der Waals surface area contributed by atoms with Gasteiger partial charge in [0.25, 0.3) is 0 Å². The molecular formula is C11H16N2O3. The summed E-state index contributed by atoms with van der Waals surface area (Å²) in [4.78, 5) is 15.6. The molecule has 16 heavy (non-hydrogen) atoms. The van der Waals surface area contributed by atoms with Crippen LogP contribution in [0.25, 0.3) is 0 Å². The van der Waals surface area contributed by atoms with Crippen molar-refractivity contribution in [2.75, 3.05) is 18.9 Å². The predicted octanol–water partition coefficient (Wildman–Crippen LogP) is 1.55. The molecule has 0 saturated heterocycles. The predicted molar refractivity (Wildman–Crippen MR) is 60.5 cm³/mol. The Labute approximate surface area is 94.6 Å². The van der Waals surface area contributed by atoms with Crippen LogP contribution in [-0.2, 0) is 4.74 Å². The molecule has 1 aromatic heterocycles. The van der Waals surface area contributed by atoms with E-state index in [4.69, 9.17) is 15.2 Å². The van der Waals surface area contributed by atoms with E-state index < -0.39 is 5.97 Å². The minimum atomic E-state index is -0.443. The first-order valence-electron chi connectivity index (χ1n) is 5.17. The van der Waals surface area contributed by atoms with E-state index in [2.05, 4.69) is 4.98 Å². The Morgan fingerprint density at radius 3 is 2.69 bits per heavy atom.